The maximum absolute atomic E-state index is 11.0. The first-order valence-corrected chi connectivity index (χ1v) is 27.7. The zero-order valence-electron chi connectivity index (χ0n) is 50.7. The Hall–Kier alpha value is -8.07. The van der Waals surface area contributed by atoms with Gasteiger partial charge < -0.3 is 53.6 Å². The number of carbonyl (C=O) groups is 8. The first kappa shape index (κ1) is 78.9. The van der Waals surface area contributed by atoms with Crippen molar-refractivity contribution in [2.45, 2.75) is 105 Å². The van der Waals surface area contributed by atoms with Crippen molar-refractivity contribution in [3.8, 4) is 23.0 Å². The van der Waals surface area contributed by atoms with Gasteiger partial charge in [-0.1, -0.05) is 120 Å². The summed E-state index contributed by atoms with van der Waals surface area (Å²) in [5, 5.41) is 39.3. The van der Waals surface area contributed by atoms with Crippen LogP contribution in [-0.2, 0) is 61.0 Å². The van der Waals surface area contributed by atoms with Crippen LogP contribution in [0.3, 0.4) is 0 Å². The van der Waals surface area contributed by atoms with Crippen LogP contribution in [0.25, 0.3) is 0 Å². The summed E-state index contributed by atoms with van der Waals surface area (Å²) in [5.74, 6) is -0.940. The van der Waals surface area contributed by atoms with Crippen LogP contribution in [0.4, 0.5) is 0 Å². The first-order chi connectivity index (χ1) is 40.9. The molecule has 0 radical (unpaired) electrons. The summed E-state index contributed by atoms with van der Waals surface area (Å²) in [4.78, 5) is 83.1. The lowest BCUT2D eigenvalue weighted by Crippen LogP contribution is -2.39. The SMILES string of the molecule is CC(=O)C(C)(O)CCOCc1ccccc1.CC(=O)C(C)(O)COc1ccc(Cl)cc1.CC(=O)C(C)(O)COc1ccccc1.CC(=O)CCOCc1ccccc1.CC(=O)COc1ccc(Cl)cc1.CC(=O)COc1ccccc1.[CH2+]C(=O)C(=O)[O-]. The molecule has 0 bridgehead atoms. The highest BCUT2D eigenvalue weighted by molar-refractivity contribution is 6.33. The highest BCUT2D eigenvalue weighted by atomic mass is 35.5. The molecule has 3 unspecified atom stereocenters. The number of halogens is 2. The van der Waals surface area contributed by atoms with Crippen LogP contribution in [0.2, 0.25) is 10.0 Å². The highest BCUT2D eigenvalue weighted by Crippen LogP contribution is 2.19. The van der Waals surface area contributed by atoms with E-state index in [2.05, 4.69) is 6.92 Å². The van der Waals surface area contributed by atoms with E-state index in [1.165, 1.54) is 55.4 Å². The number of carbonyl (C=O) groups excluding carboxylic acids is 8. The summed E-state index contributed by atoms with van der Waals surface area (Å²) in [6.45, 7) is 17.7. The van der Waals surface area contributed by atoms with Crippen LogP contribution in [0.5, 0.6) is 23.0 Å². The Morgan fingerprint density at radius 1 is 0.425 bits per heavy atom. The molecule has 6 aromatic carbocycles. The maximum Gasteiger partial charge on any atom is 0.360 e. The molecule has 18 nitrogen and oxygen atoms in total. The number of rotatable bonds is 26. The average molecular weight is 1240 g/mol. The van der Waals surface area contributed by atoms with Gasteiger partial charge in [0.15, 0.2) is 40.1 Å². The maximum atomic E-state index is 11.0. The number of carboxylic acids is 1. The van der Waals surface area contributed by atoms with Gasteiger partial charge in [0.25, 0.3) is 5.97 Å². The third-order valence-corrected chi connectivity index (χ3v) is 11.6. The van der Waals surface area contributed by atoms with Gasteiger partial charge in [0.05, 0.1) is 33.4 Å². The van der Waals surface area contributed by atoms with Crippen LogP contribution >= 0.6 is 23.2 Å². The fraction of sp³-hybridized carbons (Fsp3) is 0.328. The predicted octanol–water partition coefficient (Wildman–Crippen LogP) is 9.68. The summed E-state index contributed by atoms with van der Waals surface area (Å²) >= 11 is 11.3. The van der Waals surface area contributed by atoms with Crippen molar-refractivity contribution in [3.05, 3.63) is 198 Å². The van der Waals surface area contributed by atoms with E-state index in [9.17, 15) is 58.8 Å². The Labute approximate surface area is 520 Å². The lowest BCUT2D eigenvalue weighted by Gasteiger charge is -2.20. The van der Waals surface area contributed by atoms with Gasteiger partial charge in [-0.25, -0.2) is 4.79 Å². The lowest BCUT2D eigenvalue weighted by molar-refractivity contribution is -0.299. The van der Waals surface area contributed by atoms with Crippen LogP contribution in [0, 0.1) is 6.92 Å². The minimum Gasteiger partial charge on any atom is -0.490 e. The predicted molar refractivity (Wildman–Crippen MR) is 331 cm³/mol. The monoisotopic (exact) mass is 1240 g/mol. The second kappa shape index (κ2) is 44.4. The minimum atomic E-state index is -1.74. The van der Waals surface area contributed by atoms with Crippen LogP contribution in [0.1, 0.15) is 86.3 Å². The van der Waals surface area contributed by atoms with Crippen molar-refractivity contribution in [1.82, 2.24) is 0 Å². The largest absolute Gasteiger partial charge is 0.490 e. The van der Waals surface area contributed by atoms with E-state index >= 15 is 0 Å². The molecule has 3 N–H and O–H groups in total. The fourth-order valence-electron chi connectivity index (χ4n) is 5.31. The number of aliphatic hydroxyl groups is 3. The van der Waals surface area contributed by atoms with Crippen molar-refractivity contribution < 1.29 is 87.2 Å². The van der Waals surface area contributed by atoms with E-state index in [1.54, 1.807) is 67.6 Å². The molecule has 0 aliphatic heterocycles. The fourth-order valence-corrected chi connectivity index (χ4v) is 5.56. The summed E-state index contributed by atoms with van der Waals surface area (Å²) in [7, 11) is 0. The number of aliphatic carboxylic acids is 1. The number of ketones is 7. The van der Waals surface area contributed by atoms with E-state index < -0.39 is 28.6 Å². The zero-order chi connectivity index (χ0) is 65.9. The summed E-state index contributed by atoms with van der Waals surface area (Å²) in [5.41, 5.74) is -1.89. The minimum absolute atomic E-state index is 0.00458. The number of Topliss-reactive ketones (excluding diaryl/α,β-unsaturated/α-hetero) is 7. The van der Waals surface area contributed by atoms with Crippen molar-refractivity contribution in [2.24, 2.45) is 0 Å². The molecular weight excluding hydrogens is 1160 g/mol. The molecule has 3 atom stereocenters. The summed E-state index contributed by atoms with van der Waals surface area (Å²) in [6, 6.07) is 51.7. The smallest absolute Gasteiger partial charge is 0.360 e. The molecule has 0 fully saturated rings. The topological polar surface area (TPSA) is 276 Å². The van der Waals surface area contributed by atoms with Crippen molar-refractivity contribution in [3.63, 3.8) is 0 Å². The second-order valence-corrected chi connectivity index (χ2v) is 20.4. The Morgan fingerprint density at radius 2 is 0.713 bits per heavy atom. The summed E-state index contributed by atoms with van der Waals surface area (Å²) < 4.78 is 31.5. The first-order valence-electron chi connectivity index (χ1n) is 27.0. The molecule has 0 saturated heterocycles. The van der Waals surface area contributed by atoms with Gasteiger partial charge in [-0.2, -0.15) is 0 Å². The third kappa shape index (κ3) is 42.4. The highest BCUT2D eigenvalue weighted by Gasteiger charge is 2.28. The Bertz CT molecular complexity index is 2910. The number of carboxylic acid groups (broad SMARTS) is 1. The number of benzene rings is 6. The number of ether oxygens (including phenoxy) is 6. The van der Waals surface area contributed by atoms with Gasteiger partial charge in [0, 0.05) is 22.9 Å². The average Bonchev–Trinajstić information content (AvgIpc) is 3.65. The molecular formula is C67H80Cl2O18. The van der Waals surface area contributed by atoms with Crippen LogP contribution < -0.4 is 24.1 Å². The van der Waals surface area contributed by atoms with Crippen molar-refractivity contribution >= 4 is 69.7 Å². The van der Waals surface area contributed by atoms with Crippen LogP contribution in [0.15, 0.2) is 170 Å². The molecule has 0 saturated carbocycles. The molecule has 20 heteroatoms. The molecule has 6 rings (SSSR count). The van der Waals surface area contributed by atoms with E-state index in [0.29, 0.717) is 66.6 Å². The van der Waals surface area contributed by atoms with Crippen molar-refractivity contribution in [1.29, 1.82) is 0 Å². The van der Waals surface area contributed by atoms with E-state index in [0.717, 1.165) is 16.9 Å². The second-order valence-electron chi connectivity index (χ2n) is 19.6. The van der Waals surface area contributed by atoms with E-state index in [1.807, 2.05) is 109 Å². The zero-order valence-corrected chi connectivity index (χ0v) is 52.2. The normalized spacial score (nSPS) is 11.9. The molecule has 470 valence electrons. The van der Waals surface area contributed by atoms with Crippen LogP contribution in [-0.4, -0.2) is 118 Å². The van der Waals surface area contributed by atoms with Gasteiger partial charge in [-0.05, 0) is 146 Å². The molecule has 0 aliphatic rings. The third-order valence-electron chi connectivity index (χ3n) is 11.1. The summed E-state index contributed by atoms with van der Waals surface area (Å²) in [6.07, 6.45) is 0.835. The molecule has 0 aliphatic carbocycles. The Kier molecular flexibility index (Phi) is 40.3. The van der Waals surface area contributed by atoms with E-state index in [-0.39, 0.29) is 61.1 Å². The lowest BCUT2D eigenvalue weighted by atomic mass is 9.99. The van der Waals surface area contributed by atoms with Crippen molar-refractivity contribution in [2.75, 3.05) is 39.6 Å². The van der Waals surface area contributed by atoms with Gasteiger partial charge >= 0.3 is 5.78 Å². The van der Waals surface area contributed by atoms with Gasteiger partial charge in [-0.15, -0.1) is 0 Å². The molecule has 0 amide bonds. The molecule has 87 heavy (non-hydrogen) atoms. The molecule has 0 aromatic heterocycles. The van der Waals surface area contributed by atoms with Gasteiger partial charge in [0.2, 0.25) is 0 Å². The molecule has 6 aromatic rings. The standard InChI is InChI=1S/C13H18O3.C11H13ClO3.C11H14O3.C11H14O2.C9H9ClO2.C9H10O2.C3H2O3/c1-11(14)13(2,15)8-9-16-10-12-6-4-3-5-7-12;1-8(13)11(2,14)7-15-10-5-3-9(12)4-6-10;1-9(12)11(2,13)8-14-10-6-4-3-5-7-10;1-10(12)7-8-13-9-11-5-3-2-4-6-11;1-7(11)6-12-9-4-2-8(10)3-5-9;1-8(10)7-11-9-5-3-2-4-6-9;1-2(4)3(5)6/h3-7,15H,8-10H2,1-2H3;3-6,14H,7H2,1-2H3;3-7,13H,8H2,1-2H3;2-6H,7-9H2,1H3;2-5H,6H2,1H3;2-6H,7H2,1H3;1H2. The number of hydrogen-bond acceptors (Lipinski definition) is 18. The molecule has 0 heterocycles. The number of para-hydroxylation sites is 2. The number of hydrogen-bond donors (Lipinski definition) is 3. The quantitative estimate of drug-likeness (QED) is 0.0259. The van der Waals surface area contributed by atoms with Gasteiger partial charge in [0.1, 0.15) is 60.8 Å². The Morgan fingerprint density at radius 3 is 1.01 bits per heavy atom. The van der Waals surface area contributed by atoms with E-state index in [4.69, 9.17) is 51.6 Å². The molecule has 0 spiro atoms. The Balaban J connectivity index is 0.00000100. The van der Waals surface area contributed by atoms with Gasteiger partial charge in [-0.3, -0.25) is 28.8 Å².